The van der Waals surface area contributed by atoms with Gasteiger partial charge < -0.3 is 10.4 Å². The molecule has 0 bridgehead atoms. The highest BCUT2D eigenvalue weighted by atomic mass is 32.1. The second kappa shape index (κ2) is 5.77. The number of amides is 1. The van der Waals surface area contributed by atoms with Crippen molar-refractivity contribution in [1.82, 2.24) is 10.3 Å². The van der Waals surface area contributed by atoms with E-state index in [1.165, 1.54) is 11.3 Å². The number of rotatable bonds is 4. The second-order valence-corrected chi connectivity index (χ2v) is 4.91. The van der Waals surface area contributed by atoms with Crippen LogP contribution in [0.15, 0.2) is 23.0 Å². The first-order chi connectivity index (χ1) is 8.68. The average molecular weight is 266 g/mol. The summed E-state index contributed by atoms with van der Waals surface area (Å²) in [7, 11) is 0. The van der Waals surface area contributed by atoms with Crippen LogP contribution < -0.4 is 5.32 Å². The Morgan fingerprint density at radius 1 is 1.39 bits per heavy atom. The summed E-state index contributed by atoms with van der Waals surface area (Å²) >= 11 is 1.46. The van der Waals surface area contributed by atoms with E-state index in [0.717, 1.165) is 5.69 Å². The summed E-state index contributed by atoms with van der Waals surface area (Å²) in [6.07, 6.45) is 4.60. The summed E-state index contributed by atoms with van der Waals surface area (Å²) in [5, 5.41) is 13.7. The maximum Gasteiger partial charge on any atom is 0.307 e. The molecule has 96 valence electrons. The van der Waals surface area contributed by atoms with Gasteiger partial charge in [-0.2, -0.15) is 0 Å². The molecule has 1 aliphatic rings. The lowest BCUT2D eigenvalue weighted by atomic mass is 9.82. The van der Waals surface area contributed by atoms with E-state index in [4.69, 9.17) is 5.11 Å². The van der Waals surface area contributed by atoms with Gasteiger partial charge in [0.05, 0.1) is 29.6 Å². The van der Waals surface area contributed by atoms with Crippen LogP contribution in [0.25, 0.3) is 0 Å². The molecule has 1 aliphatic carbocycles. The Kier molecular flexibility index (Phi) is 4.09. The van der Waals surface area contributed by atoms with Crippen molar-refractivity contribution in [3.8, 4) is 0 Å². The van der Waals surface area contributed by atoms with Crippen molar-refractivity contribution in [1.29, 1.82) is 0 Å². The summed E-state index contributed by atoms with van der Waals surface area (Å²) < 4.78 is 0. The van der Waals surface area contributed by atoms with E-state index in [1.54, 1.807) is 5.51 Å². The van der Waals surface area contributed by atoms with Gasteiger partial charge in [0.1, 0.15) is 0 Å². The molecule has 1 amide bonds. The quantitative estimate of drug-likeness (QED) is 0.808. The highest BCUT2D eigenvalue weighted by molar-refractivity contribution is 7.07. The van der Waals surface area contributed by atoms with E-state index in [1.807, 2.05) is 17.5 Å². The predicted molar refractivity (Wildman–Crippen MR) is 67.0 cm³/mol. The number of allylic oxidation sites excluding steroid dienone is 2. The Hall–Kier alpha value is -1.69. The highest BCUT2D eigenvalue weighted by Crippen LogP contribution is 2.26. The van der Waals surface area contributed by atoms with Crippen LogP contribution in [-0.4, -0.2) is 22.0 Å². The van der Waals surface area contributed by atoms with Crippen LogP contribution in [0, 0.1) is 11.8 Å². The zero-order valence-corrected chi connectivity index (χ0v) is 10.5. The average Bonchev–Trinajstić information content (AvgIpc) is 2.89. The summed E-state index contributed by atoms with van der Waals surface area (Å²) in [6, 6.07) is 0. The minimum Gasteiger partial charge on any atom is -0.481 e. The molecule has 0 radical (unpaired) electrons. The molecule has 1 aromatic heterocycles. The van der Waals surface area contributed by atoms with Crippen molar-refractivity contribution >= 4 is 23.2 Å². The summed E-state index contributed by atoms with van der Waals surface area (Å²) in [4.78, 5) is 27.1. The first kappa shape index (κ1) is 12.8. The fraction of sp³-hybridized carbons (Fsp3) is 0.417. The molecule has 18 heavy (non-hydrogen) atoms. The number of carbonyl (C=O) groups excluding carboxylic acids is 1. The van der Waals surface area contributed by atoms with Gasteiger partial charge in [0.2, 0.25) is 5.91 Å². The molecule has 5 nitrogen and oxygen atoms in total. The summed E-state index contributed by atoms with van der Waals surface area (Å²) in [5.74, 6) is -2.22. The number of hydrogen-bond acceptors (Lipinski definition) is 4. The second-order valence-electron chi connectivity index (χ2n) is 4.19. The molecule has 0 aliphatic heterocycles. The molecule has 1 heterocycles. The molecule has 2 N–H and O–H groups in total. The molecule has 0 saturated carbocycles. The minimum absolute atomic E-state index is 0.209. The first-order valence-corrected chi connectivity index (χ1v) is 6.65. The van der Waals surface area contributed by atoms with Crippen LogP contribution in [-0.2, 0) is 16.1 Å². The van der Waals surface area contributed by atoms with Crippen LogP contribution in [0.3, 0.4) is 0 Å². The number of hydrogen-bond donors (Lipinski definition) is 2. The number of carbonyl (C=O) groups is 2. The van der Waals surface area contributed by atoms with E-state index in [2.05, 4.69) is 10.3 Å². The third kappa shape index (κ3) is 2.95. The van der Waals surface area contributed by atoms with Crippen LogP contribution in [0.5, 0.6) is 0 Å². The Morgan fingerprint density at radius 3 is 2.72 bits per heavy atom. The van der Waals surface area contributed by atoms with Crippen LogP contribution >= 0.6 is 11.3 Å². The largest absolute Gasteiger partial charge is 0.481 e. The fourth-order valence-electron chi connectivity index (χ4n) is 2.01. The molecule has 0 saturated heterocycles. The van der Waals surface area contributed by atoms with E-state index < -0.39 is 17.8 Å². The van der Waals surface area contributed by atoms with Gasteiger partial charge in [-0.1, -0.05) is 12.2 Å². The predicted octanol–water partition coefficient (Wildman–Crippen LogP) is 1.43. The van der Waals surface area contributed by atoms with Gasteiger partial charge >= 0.3 is 5.97 Å². The highest BCUT2D eigenvalue weighted by Gasteiger charge is 2.33. The van der Waals surface area contributed by atoms with Gasteiger partial charge in [-0.25, -0.2) is 4.98 Å². The van der Waals surface area contributed by atoms with Crippen molar-refractivity contribution in [3.63, 3.8) is 0 Å². The summed E-state index contributed by atoms with van der Waals surface area (Å²) in [6.45, 7) is 0.356. The Balaban J connectivity index is 1.94. The number of aromatic nitrogens is 1. The van der Waals surface area contributed by atoms with Crippen molar-refractivity contribution in [2.24, 2.45) is 11.8 Å². The van der Waals surface area contributed by atoms with Crippen LogP contribution in [0.2, 0.25) is 0 Å². The molecule has 2 atom stereocenters. The van der Waals surface area contributed by atoms with E-state index >= 15 is 0 Å². The van der Waals surface area contributed by atoms with Gasteiger partial charge in [-0.05, 0) is 12.8 Å². The molecule has 0 fully saturated rings. The maximum atomic E-state index is 12.0. The topological polar surface area (TPSA) is 79.3 Å². The number of nitrogens with one attached hydrogen (secondary N) is 1. The van der Waals surface area contributed by atoms with Gasteiger partial charge in [-0.3, -0.25) is 9.59 Å². The van der Waals surface area contributed by atoms with E-state index in [9.17, 15) is 9.59 Å². The third-order valence-corrected chi connectivity index (χ3v) is 3.65. The standard InChI is InChI=1S/C12H14N2O3S/c15-11(13-5-8-6-18-7-14-8)9-3-1-2-4-10(9)12(16)17/h1-2,6-7,9-10H,3-5H2,(H,13,15)(H,16,17)/t9-,10+/m1/s1. The number of carboxylic acids is 1. The lowest BCUT2D eigenvalue weighted by molar-refractivity contribution is -0.147. The zero-order valence-electron chi connectivity index (χ0n) is 9.70. The molecule has 2 rings (SSSR count). The van der Waals surface area contributed by atoms with Gasteiger partial charge in [-0.15, -0.1) is 11.3 Å². The summed E-state index contributed by atoms with van der Waals surface area (Å²) in [5.41, 5.74) is 2.50. The Labute approximate surface area is 109 Å². The van der Waals surface area contributed by atoms with Crippen molar-refractivity contribution in [2.45, 2.75) is 19.4 Å². The van der Waals surface area contributed by atoms with Crippen LogP contribution in [0.4, 0.5) is 0 Å². The van der Waals surface area contributed by atoms with E-state index in [0.29, 0.717) is 19.4 Å². The Morgan fingerprint density at radius 2 is 2.11 bits per heavy atom. The third-order valence-electron chi connectivity index (χ3n) is 3.01. The molecule has 1 aromatic rings. The molecular weight excluding hydrogens is 252 g/mol. The SMILES string of the molecule is O=C(O)[C@H]1CC=CC[C@H]1C(=O)NCc1cscn1. The number of carboxylic acid groups (broad SMARTS) is 1. The molecule has 6 heteroatoms. The van der Waals surface area contributed by atoms with Crippen molar-refractivity contribution in [3.05, 3.63) is 28.7 Å². The van der Waals surface area contributed by atoms with Gasteiger partial charge in [0.15, 0.2) is 0 Å². The molecule has 0 unspecified atom stereocenters. The monoisotopic (exact) mass is 266 g/mol. The number of thiazole rings is 1. The smallest absolute Gasteiger partial charge is 0.307 e. The number of aliphatic carboxylic acids is 1. The van der Waals surface area contributed by atoms with E-state index in [-0.39, 0.29) is 5.91 Å². The zero-order chi connectivity index (χ0) is 13.0. The molecule has 0 spiro atoms. The van der Waals surface area contributed by atoms with Crippen molar-refractivity contribution < 1.29 is 14.7 Å². The lowest BCUT2D eigenvalue weighted by Gasteiger charge is -2.24. The normalized spacial score (nSPS) is 22.7. The number of nitrogens with zero attached hydrogens (tertiary/aromatic N) is 1. The molecule has 0 aromatic carbocycles. The van der Waals surface area contributed by atoms with Crippen LogP contribution in [0.1, 0.15) is 18.5 Å². The van der Waals surface area contributed by atoms with Gasteiger partial charge in [0, 0.05) is 5.38 Å². The van der Waals surface area contributed by atoms with Crippen molar-refractivity contribution in [2.75, 3.05) is 0 Å². The first-order valence-electron chi connectivity index (χ1n) is 5.71. The lowest BCUT2D eigenvalue weighted by Crippen LogP contribution is -2.38. The van der Waals surface area contributed by atoms with Gasteiger partial charge in [0.25, 0.3) is 0 Å². The minimum atomic E-state index is -0.909. The molecular formula is C12H14N2O3S. The fourth-order valence-corrected chi connectivity index (χ4v) is 2.57. The maximum absolute atomic E-state index is 12.0. The Bertz CT molecular complexity index is 456.